The minimum absolute atomic E-state index is 0.109. The number of carbonyl (C=O) groups is 2. The van der Waals surface area contributed by atoms with Gasteiger partial charge in [-0.25, -0.2) is 4.79 Å². The Balaban J connectivity index is 2.08. The lowest BCUT2D eigenvalue weighted by Gasteiger charge is -2.15. The molecule has 0 radical (unpaired) electrons. The zero-order valence-corrected chi connectivity index (χ0v) is 15.1. The van der Waals surface area contributed by atoms with Crippen molar-refractivity contribution >= 4 is 18.0 Å². The molecule has 0 aliphatic rings. The Morgan fingerprint density at radius 2 is 1.67 bits per heavy atom. The molecule has 27 heavy (non-hydrogen) atoms. The third-order valence-electron chi connectivity index (χ3n) is 3.48. The lowest BCUT2D eigenvalue weighted by molar-refractivity contribution is -0.120. The fourth-order valence-corrected chi connectivity index (χ4v) is 2.24. The Morgan fingerprint density at radius 3 is 2.22 bits per heavy atom. The van der Waals surface area contributed by atoms with E-state index in [4.69, 9.17) is 24.7 Å². The topological polar surface area (TPSA) is 97.1 Å². The molecule has 0 fully saturated rings. The zero-order chi connectivity index (χ0) is 19.6. The lowest BCUT2D eigenvalue weighted by atomic mass is 10.2. The highest BCUT2D eigenvalue weighted by Crippen LogP contribution is 2.38. The van der Waals surface area contributed by atoms with Crippen LogP contribution in [0, 0.1) is 0 Å². The standard InChI is InChI=1S/C20H21NO6/c1-24-16-11-15(12-17(25-2)19(16)27-13-18(21)22)20(23)26-10-6-9-14-7-4-3-5-8-14/h3-9,11-12H,10,13H2,1-2H3,(H2,21,22). The summed E-state index contributed by atoms with van der Waals surface area (Å²) in [6, 6.07) is 12.6. The highest BCUT2D eigenvalue weighted by Gasteiger charge is 2.19. The predicted molar refractivity (Wildman–Crippen MR) is 100.0 cm³/mol. The molecule has 0 spiro atoms. The number of benzene rings is 2. The van der Waals surface area contributed by atoms with E-state index in [1.807, 2.05) is 36.4 Å². The van der Waals surface area contributed by atoms with Gasteiger partial charge < -0.3 is 24.7 Å². The summed E-state index contributed by atoms with van der Waals surface area (Å²) < 4.78 is 21.0. The molecule has 7 heteroatoms. The molecule has 0 atom stereocenters. The number of rotatable bonds is 9. The number of carbonyl (C=O) groups excluding carboxylic acids is 2. The SMILES string of the molecule is COc1cc(C(=O)OCC=Cc2ccccc2)cc(OC)c1OCC(N)=O. The molecule has 0 aliphatic heterocycles. The van der Waals surface area contributed by atoms with Crippen LogP contribution in [0.1, 0.15) is 15.9 Å². The average Bonchev–Trinajstić information content (AvgIpc) is 2.69. The van der Waals surface area contributed by atoms with Gasteiger partial charge in [-0.1, -0.05) is 36.4 Å². The number of methoxy groups -OCH3 is 2. The van der Waals surface area contributed by atoms with Crippen LogP contribution in [0.15, 0.2) is 48.5 Å². The van der Waals surface area contributed by atoms with Gasteiger partial charge in [0, 0.05) is 0 Å². The van der Waals surface area contributed by atoms with Gasteiger partial charge in [-0.05, 0) is 23.8 Å². The van der Waals surface area contributed by atoms with Crippen LogP contribution in [-0.4, -0.2) is 39.3 Å². The third kappa shape index (κ3) is 5.78. The van der Waals surface area contributed by atoms with Crippen molar-refractivity contribution in [3.63, 3.8) is 0 Å². The number of ether oxygens (including phenoxy) is 4. The van der Waals surface area contributed by atoms with Crippen molar-refractivity contribution in [2.75, 3.05) is 27.4 Å². The molecule has 2 rings (SSSR count). The molecule has 0 saturated carbocycles. The molecule has 142 valence electrons. The van der Waals surface area contributed by atoms with E-state index >= 15 is 0 Å². The molecular weight excluding hydrogens is 350 g/mol. The van der Waals surface area contributed by atoms with Crippen molar-refractivity contribution in [1.82, 2.24) is 0 Å². The van der Waals surface area contributed by atoms with E-state index in [-0.39, 0.29) is 36.0 Å². The highest BCUT2D eigenvalue weighted by molar-refractivity contribution is 5.91. The van der Waals surface area contributed by atoms with Crippen LogP contribution < -0.4 is 19.9 Å². The maximum absolute atomic E-state index is 12.3. The van der Waals surface area contributed by atoms with E-state index in [0.717, 1.165) is 5.56 Å². The second-order valence-corrected chi connectivity index (χ2v) is 5.38. The molecule has 7 nitrogen and oxygen atoms in total. The van der Waals surface area contributed by atoms with Gasteiger partial charge in [0.15, 0.2) is 18.1 Å². The van der Waals surface area contributed by atoms with Crippen molar-refractivity contribution in [2.24, 2.45) is 5.73 Å². The first-order chi connectivity index (χ1) is 13.0. The van der Waals surface area contributed by atoms with Gasteiger partial charge >= 0.3 is 5.97 Å². The van der Waals surface area contributed by atoms with Crippen molar-refractivity contribution in [2.45, 2.75) is 0 Å². The Kier molecular flexibility index (Phi) is 7.25. The van der Waals surface area contributed by atoms with Crippen LogP contribution in [0.5, 0.6) is 17.2 Å². The quantitative estimate of drug-likeness (QED) is 0.680. The summed E-state index contributed by atoms with van der Waals surface area (Å²) in [6.45, 7) is -0.237. The van der Waals surface area contributed by atoms with E-state index in [1.165, 1.54) is 26.4 Å². The van der Waals surface area contributed by atoms with Crippen LogP contribution in [0.2, 0.25) is 0 Å². The maximum Gasteiger partial charge on any atom is 0.338 e. The minimum Gasteiger partial charge on any atom is -0.493 e. The monoisotopic (exact) mass is 371 g/mol. The van der Waals surface area contributed by atoms with Gasteiger partial charge in [0.05, 0.1) is 19.8 Å². The first-order valence-electron chi connectivity index (χ1n) is 8.11. The number of esters is 1. The molecular formula is C20H21NO6. The van der Waals surface area contributed by atoms with Crippen LogP contribution in [0.3, 0.4) is 0 Å². The van der Waals surface area contributed by atoms with Crippen LogP contribution in [0.4, 0.5) is 0 Å². The van der Waals surface area contributed by atoms with Crippen LogP contribution in [0.25, 0.3) is 6.08 Å². The zero-order valence-electron chi connectivity index (χ0n) is 15.1. The number of hydrogen-bond acceptors (Lipinski definition) is 6. The summed E-state index contributed by atoms with van der Waals surface area (Å²) in [4.78, 5) is 23.2. The molecule has 0 aliphatic carbocycles. The van der Waals surface area contributed by atoms with Gasteiger partial charge in [-0.15, -0.1) is 0 Å². The summed E-state index contributed by atoms with van der Waals surface area (Å²) in [5.74, 6) is -0.567. The van der Waals surface area contributed by atoms with Crippen molar-refractivity contribution in [3.8, 4) is 17.2 Å². The largest absolute Gasteiger partial charge is 0.493 e. The number of nitrogens with two attached hydrogens (primary N) is 1. The molecule has 2 aromatic carbocycles. The lowest BCUT2D eigenvalue weighted by Crippen LogP contribution is -2.20. The van der Waals surface area contributed by atoms with Crippen molar-refractivity contribution < 1.29 is 28.5 Å². The average molecular weight is 371 g/mol. The van der Waals surface area contributed by atoms with Crippen molar-refractivity contribution in [1.29, 1.82) is 0 Å². The highest BCUT2D eigenvalue weighted by atomic mass is 16.5. The number of primary amides is 1. The van der Waals surface area contributed by atoms with Crippen LogP contribution >= 0.6 is 0 Å². The van der Waals surface area contributed by atoms with E-state index in [2.05, 4.69) is 0 Å². The van der Waals surface area contributed by atoms with E-state index < -0.39 is 11.9 Å². The van der Waals surface area contributed by atoms with Gasteiger partial charge in [0.1, 0.15) is 6.61 Å². The Bertz CT molecular complexity index is 791. The molecule has 1 amide bonds. The third-order valence-corrected chi connectivity index (χ3v) is 3.48. The van der Waals surface area contributed by atoms with Gasteiger partial charge in [0.2, 0.25) is 5.75 Å². The van der Waals surface area contributed by atoms with Crippen LogP contribution in [-0.2, 0) is 9.53 Å². The van der Waals surface area contributed by atoms with Gasteiger partial charge in [0.25, 0.3) is 5.91 Å². The predicted octanol–water partition coefficient (Wildman–Crippen LogP) is 2.44. The minimum atomic E-state index is -0.646. The summed E-state index contributed by atoms with van der Waals surface area (Å²) in [5, 5.41) is 0. The van der Waals surface area contributed by atoms with Crippen molar-refractivity contribution in [3.05, 3.63) is 59.7 Å². The normalized spacial score (nSPS) is 10.4. The Hall–Kier alpha value is -3.48. The molecule has 0 unspecified atom stereocenters. The van der Waals surface area contributed by atoms with E-state index in [1.54, 1.807) is 6.08 Å². The Morgan fingerprint density at radius 1 is 1.04 bits per heavy atom. The first kappa shape index (κ1) is 19.8. The second kappa shape index (κ2) is 9.86. The first-order valence-corrected chi connectivity index (χ1v) is 8.11. The fraction of sp³-hybridized carbons (Fsp3) is 0.200. The fourth-order valence-electron chi connectivity index (χ4n) is 2.24. The number of hydrogen-bond donors (Lipinski definition) is 1. The second-order valence-electron chi connectivity index (χ2n) is 5.38. The number of amides is 1. The summed E-state index contributed by atoms with van der Waals surface area (Å²) >= 11 is 0. The smallest absolute Gasteiger partial charge is 0.338 e. The molecule has 0 bridgehead atoms. The van der Waals surface area contributed by atoms with Gasteiger partial charge in [-0.2, -0.15) is 0 Å². The Labute approximate surface area is 157 Å². The molecule has 2 N–H and O–H groups in total. The summed E-state index contributed by atoms with van der Waals surface area (Å²) in [5.41, 5.74) is 6.32. The van der Waals surface area contributed by atoms with E-state index in [9.17, 15) is 9.59 Å². The molecule has 2 aromatic rings. The molecule has 0 saturated heterocycles. The summed E-state index contributed by atoms with van der Waals surface area (Å²) in [6.07, 6.45) is 3.60. The molecule has 0 aromatic heterocycles. The van der Waals surface area contributed by atoms with E-state index in [0.29, 0.717) is 0 Å². The summed E-state index contributed by atoms with van der Waals surface area (Å²) in [7, 11) is 2.81. The van der Waals surface area contributed by atoms with Gasteiger partial charge in [-0.3, -0.25) is 4.79 Å². The molecule has 0 heterocycles. The maximum atomic E-state index is 12.3.